The van der Waals surface area contributed by atoms with Crippen molar-refractivity contribution in [2.75, 3.05) is 0 Å². The van der Waals surface area contributed by atoms with Crippen molar-refractivity contribution in [3.63, 3.8) is 0 Å². The summed E-state index contributed by atoms with van der Waals surface area (Å²) in [4.78, 5) is 17.2. The van der Waals surface area contributed by atoms with E-state index in [2.05, 4.69) is 5.32 Å². The molecule has 2 aliphatic rings. The number of amides is 1. The molecule has 0 bridgehead atoms. The minimum atomic E-state index is -1.05. The lowest BCUT2D eigenvalue weighted by atomic mass is 9.94. The quantitative estimate of drug-likeness (QED) is 0.895. The number of nitrogens with one attached hydrogen (secondary N) is 1. The molecule has 2 N–H and O–H groups in total. The summed E-state index contributed by atoms with van der Waals surface area (Å²) in [6, 6.07) is 10.2. The van der Waals surface area contributed by atoms with Gasteiger partial charge in [-0.05, 0) is 19.8 Å². The average molecular weight is 302 g/mol. The van der Waals surface area contributed by atoms with Gasteiger partial charge in [-0.2, -0.15) is 0 Å². The molecule has 3 rings (SSSR count). The third-order valence-electron chi connectivity index (χ3n) is 4.35. The molecule has 118 valence electrons. The maximum absolute atomic E-state index is 11.1. The summed E-state index contributed by atoms with van der Waals surface area (Å²) in [6.45, 7) is 1.89. The molecule has 5 nitrogen and oxygen atoms in total. The summed E-state index contributed by atoms with van der Waals surface area (Å²) in [7, 11) is 0. The fourth-order valence-electron chi connectivity index (χ4n) is 3.33. The van der Waals surface area contributed by atoms with Gasteiger partial charge in [0.05, 0.1) is 17.4 Å². The Morgan fingerprint density at radius 3 is 2.55 bits per heavy atom. The molecular weight excluding hydrogens is 280 g/mol. The van der Waals surface area contributed by atoms with E-state index in [0.717, 1.165) is 24.1 Å². The van der Waals surface area contributed by atoms with Gasteiger partial charge in [-0.15, -0.1) is 0 Å². The molecule has 1 saturated carbocycles. The normalized spacial score (nSPS) is 23.0. The van der Waals surface area contributed by atoms with E-state index in [1.54, 1.807) is 0 Å². The molecule has 1 aliphatic heterocycles. The summed E-state index contributed by atoms with van der Waals surface area (Å²) < 4.78 is 0. The van der Waals surface area contributed by atoms with Crippen molar-refractivity contribution in [2.45, 2.75) is 51.2 Å². The minimum absolute atomic E-state index is 0.284. The van der Waals surface area contributed by atoms with Crippen molar-refractivity contribution in [2.24, 2.45) is 0 Å². The van der Waals surface area contributed by atoms with Crippen molar-refractivity contribution in [3.8, 4) is 0 Å². The van der Waals surface area contributed by atoms with Crippen LogP contribution in [0.3, 0.4) is 0 Å². The van der Waals surface area contributed by atoms with E-state index in [-0.39, 0.29) is 6.10 Å². The molecular formula is C17H22N2O3. The van der Waals surface area contributed by atoms with Crippen LogP contribution in [0.5, 0.6) is 0 Å². The number of hydroxylamine groups is 2. The van der Waals surface area contributed by atoms with Crippen LogP contribution in [0.1, 0.15) is 44.6 Å². The molecule has 0 aromatic heterocycles. The van der Waals surface area contributed by atoms with E-state index >= 15 is 0 Å². The van der Waals surface area contributed by atoms with E-state index < -0.39 is 6.09 Å². The standard InChI is InChI=1S/C17H22N2O3/c1-12-15(18-17(20)21)16(13-8-4-2-5-9-13)19(22-12)14-10-6-3-7-11-14/h2,4-5,8-9,12,14,18H,3,6-7,10-11H2,1H3,(H,20,21). The fraction of sp³-hybridized carbons (Fsp3) is 0.471. The van der Waals surface area contributed by atoms with E-state index in [0.29, 0.717) is 11.7 Å². The van der Waals surface area contributed by atoms with Crippen LogP contribution in [-0.4, -0.2) is 28.4 Å². The first kappa shape index (κ1) is 14.9. The summed E-state index contributed by atoms with van der Waals surface area (Å²) in [5, 5.41) is 13.6. The van der Waals surface area contributed by atoms with Crippen LogP contribution in [-0.2, 0) is 4.84 Å². The first-order valence-electron chi connectivity index (χ1n) is 7.92. The van der Waals surface area contributed by atoms with Gasteiger partial charge < -0.3 is 5.11 Å². The van der Waals surface area contributed by atoms with Gasteiger partial charge in [-0.25, -0.2) is 9.86 Å². The maximum Gasteiger partial charge on any atom is 0.409 e. The summed E-state index contributed by atoms with van der Waals surface area (Å²) >= 11 is 0. The Morgan fingerprint density at radius 2 is 1.91 bits per heavy atom. The number of rotatable bonds is 3. The highest BCUT2D eigenvalue weighted by atomic mass is 16.7. The molecule has 1 heterocycles. The zero-order chi connectivity index (χ0) is 15.5. The van der Waals surface area contributed by atoms with E-state index in [4.69, 9.17) is 9.94 Å². The first-order chi connectivity index (χ1) is 10.7. The van der Waals surface area contributed by atoms with Crippen molar-refractivity contribution >= 4 is 11.8 Å². The van der Waals surface area contributed by atoms with Crippen molar-refractivity contribution in [1.82, 2.24) is 10.4 Å². The number of benzene rings is 1. The molecule has 1 aromatic rings. The molecule has 1 amide bonds. The Bertz CT molecular complexity index is 565. The average Bonchev–Trinajstić information content (AvgIpc) is 2.85. The molecule has 1 aliphatic carbocycles. The number of nitrogens with zero attached hydrogens (tertiary/aromatic N) is 1. The Morgan fingerprint density at radius 1 is 1.23 bits per heavy atom. The monoisotopic (exact) mass is 302 g/mol. The lowest BCUT2D eigenvalue weighted by Crippen LogP contribution is -2.33. The van der Waals surface area contributed by atoms with Gasteiger partial charge in [-0.1, -0.05) is 49.6 Å². The van der Waals surface area contributed by atoms with Gasteiger partial charge in [0, 0.05) is 5.56 Å². The fourth-order valence-corrected chi connectivity index (χ4v) is 3.33. The summed E-state index contributed by atoms with van der Waals surface area (Å²) in [6.07, 6.45) is 4.50. The second-order valence-electron chi connectivity index (χ2n) is 5.92. The van der Waals surface area contributed by atoms with Crippen LogP contribution < -0.4 is 5.32 Å². The molecule has 1 unspecified atom stereocenters. The highest BCUT2D eigenvalue weighted by molar-refractivity contribution is 5.75. The van der Waals surface area contributed by atoms with Crippen LogP contribution in [0.15, 0.2) is 36.0 Å². The molecule has 0 spiro atoms. The molecule has 22 heavy (non-hydrogen) atoms. The lowest BCUT2D eigenvalue weighted by Gasteiger charge is -2.33. The number of carbonyl (C=O) groups is 1. The zero-order valence-corrected chi connectivity index (χ0v) is 12.8. The number of carboxylic acid groups (broad SMARTS) is 1. The first-order valence-corrected chi connectivity index (χ1v) is 7.92. The number of hydrogen-bond donors (Lipinski definition) is 2. The third kappa shape index (κ3) is 2.95. The highest BCUT2D eigenvalue weighted by Gasteiger charge is 2.36. The smallest absolute Gasteiger partial charge is 0.409 e. The van der Waals surface area contributed by atoms with Crippen molar-refractivity contribution in [3.05, 3.63) is 41.6 Å². The van der Waals surface area contributed by atoms with Gasteiger partial charge in [0.2, 0.25) is 0 Å². The molecule has 1 aromatic carbocycles. The van der Waals surface area contributed by atoms with Crippen LogP contribution in [0, 0.1) is 0 Å². The van der Waals surface area contributed by atoms with Gasteiger partial charge >= 0.3 is 6.09 Å². The SMILES string of the molecule is CC1ON(C2CCCCC2)C(c2ccccc2)=C1NC(=O)O. The largest absolute Gasteiger partial charge is 0.465 e. The van der Waals surface area contributed by atoms with E-state index in [9.17, 15) is 4.79 Å². The molecule has 5 heteroatoms. The summed E-state index contributed by atoms with van der Waals surface area (Å²) in [5.41, 5.74) is 2.48. The van der Waals surface area contributed by atoms with Crippen LogP contribution >= 0.6 is 0 Å². The second-order valence-corrected chi connectivity index (χ2v) is 5.92. The Balaban J connectivity index is 1.99. The Labute approximate surface area is 130 Å². The number of hydrogen-bond acceptors (Lipinski definition) is 3. The lowest BCUT2D eigenvalue weighted by molar-refractivity contribution is -0.150. The van der Waals surface area contributed by atoms with E-state index in [1.807, 2.05) is 42.3 Å². The van der Waals surface area contributed by atoms with Crippen LogP contribution in [0.25, 0.3) is 5.70 Å². The van der Waals surface area contributed by atoms with Crippen LogP contribution in [0.4, 0.5) is 4.79 Å². The van der Waals surface area contributed by atoms with Crippen LogP contribution in [0.2, 0.25) is 0 Å². The zero-order valence-electron chi connectivity index (χ0n) is 12.8. The third-order valence-corrected chi connectivity index (χ3v) is 4.35. The molecule has 0 saturated heterocycles. The van der Waals surface area contributed by atoms with Gasteiger partial charge in [0.25, 0.3) is 0 Å². The predicted molar refractivity (Wildman–Crippen MR) is 83.8 cm³/mol. The maximum atomic E-state index is 11.1. The van der Waals surface area contributed by atoms with Crippen molar-refractivity contribution < 1.29 is 14.7 Å². The van der Waals surface area contributed by atoms with Gasteiger partial charge in [-0.3, -0.25) is 10.2 Å². The van der Waals surface area contributed by atoms with Gasteiger partial charge in [0.1, 0.15) is 6.10 Å². The molecule has 1 atom stereocenters. The Kier molecular flexibility index (Phi) is 4.34. The highest BCUT2D eigenvalue weighted by Crippen LogP contribution is 2.37. The molecule has 1 fully saturated rings. The Hall–Kier alpha value is -2.01. The summed E-state index contributed by atoms with van der Waals surface area (Å²) in [5.74, 6) is 0. The topological polar surface area (TPSA) is 61.8 Å². The minimum Gasteiger partial charge on any atom is -0.465 e. The van der Waals surface area contributed by atoms with Gasteiger partial charge in [0.15, 0.2) is 0 Å². The second kappa shape index (κ2) is 6.40. The van der Waals surface area contributed by atoms with E-state index in [1.165, 1.54) is 19.3 Å². The predicted octanol–water partition coefficient (Wildman–Crippen LogP) is 3.59. The molecule has 0 radical (unpaired) electrons. The van der Waals surface area contributed by atoms with Crippen molar-refractivity contribution in [1.29, 1.82) is 0 Å².